The van der Waals surface area contributed by atoms with Crippen molar-refractivity contribution in [2.75, 3.05) is 26.3 Å². The molecule has 0 radical (unpaired) electrons. The highest BCUT2D eigenvalue weighted by molar-refractivity contribution is 7.12. The molecule has 0 atom stereocenters. The quantitative estimate of drug-likeness (QED) is 0.454. The molecule has 3 heterocycles. The first kappa shape index (κ1) is 20.8. The normalized spacial score (nSPS) is 12.0. The molecule has 0 fully saturated rings. The molecule has 0 saturated carbocycles. The van der Waals surface area contributed by atoms with Crippen LogP contribution in [0, 0.1) is 6.92 Å². The van der Waals surface area contributed by atoms with Crippen LogP contribution in [0.5, 0.6) is 23.0 Å². The van der Waals surface area contributed by atoms with E-state index in [0.717, 1.165) is 17.0 Å². The number of amides is 1. The van der Waals surface area contributed by atoms with Crippen LogP contribution in [-0.2, 0) is 0 Å². The molecular weight excluding hydrogens is 444 g/mol. The van der Waals surface area contributed by atoms with E-state index in [4.69, 9.17) is 23.9 Å². The summed E-state index contributed by atoms with van der Waals surface area (Å²) in [5.41, 5.74) is 2.84. The molecule has 1 N–H and O–H groups in total. The number of aromatic nitrogens is 3. The number of carbonyl (C=O) groups excluding carboxylic acids is 1. The second-order valence-electron chi connectivity index (χ2n) is 7.19. The summed E-state index contributed by atoms with van der Waals surface area (Å²) in [4.78, 5) is 17.6. The van der Waals surface area contributed by atoms with Gasteiger partial charge in [-0.3, -0.25) is 4.79 Å². The third-order valence-electron chi connectivity index (χ3n) is 5.06. The highest BCUT2D eigenvalue weighted by atomic mass is 32.1. The van der Waals surface area contributed by atoms with Gasteiger partial charge in [0.15, 0.2) is 23.0 Å². The van der Waals surface area contributed by atoms with E-state index in [1.165, 1.54) is 11.3 Å². The minimum Gasteiger partial charge on any atom is -0.493 e. The van der Waals surface area contributed by atoms with Crippen molar-refractivity contribution < 1.29 is 23.7 Å². The van der Waals surface area contributed by atoms with Gasteiger partial charge in [0.2, 0.25) is 11.9 Å². The van der Waals surface area contributed by atoms with Crippen LogP contribution < -0.4 is 24.3 Å². The maximum absolute atomic E-state index is 12.9. The number of ether oxygens (including phenoxy) is 4. The fourth-order valence-corrected chi connectivity index (χ4v) is 4.25. The number of carbonyl (C=O) groups is 1. The Balaban J connectivity index is 1.42. The van der Waals surface area contributed by atoms with E-state index in [1.54, 1.807) is 43.2 Å². The minimum atomic E-state index is -0.286. The predicted molar refractivity (Wildman–Crippen MR) is 123 cm³/mol. The SMILES string of the molecule is COc1ccc(-c2csc(-n3nc(C)cc3NC(=O)c3ccc4c(c3)OCO4)n2)cc1OC. The molecule has 1 amide bonds. The summed E-state index contributed by atoms with van der Waals surface area (Å²) < 4.78 is 23.0. The van der Waals surface area contributed by atoms with Crippen LogP contribution in [0.25, 0.3) is 16.4 Å². The largest absolute Gasteiger partial charge is 0.493 e. The van der Waals surface area contributed by atoms with Gasteiger partial charge >= 0.3 is 0 Å². The van der Waals surface area contributed by atoms with E-state index in [1.807, 2.05) is 30.5 Å². The molecule has 0 spiro atoms. The first-order valence-corrected chi connectivity index (χ1v) is 10.9. The van der Waals surface area contributed by atoms with Gasteiger partial charge in [-0.15, -0.1) is 11.3 Å². The molecule has 1 aliphatic rings. The van der Waals surface area contributed by atoms with Crippen LogP contribution in [0.2, 0.25) is 0 Å². The molecule has 0 aliphatic carbocycles. The predicted octanol–water partition coefficient (Wildman–Crippen LogP) is 4.30. The summed E-state index contributed by atoms with van der Waals surface area (Å²) in [6, 6.07) is 12.5. The number of nitrogens with one attached hydrogen (secondary N) is 1. The molecule has 5 rings (SSSR count). The molecule has 2 aromatic heterocycles. The smallest absolute Gasteiger partial charge is 0.256 e. The van der Waals surface area contributed by atoms with Crippen LogP contribution in [-0.4, -0.2) is 41.7 Å². The molecule has 2 aromatic carbocycles. The molecule has 0 unspecified atom stereocenters. The Morgan fingerprint density at radius 1 is 1.06 bits per heavy atom. The zero-order chi connectivity index (χ0) is 22.9. The summed E-state index contributed by atoms with van der Waals surface area (Å²) in [6.07, 6.45) is 0. The van der Waals surface area contributed by atoms with Crippen LogP contribution in [0.15, 0.2) is 47.8 Å². The number of nitrogens with zero attached hydrogens (tertiary/aromatic N) is 3. The van der Waals surface area contributed by atoms with Crippen molar-refractivity contribution in [3.63, 3.8) is 0 Å². The maximum Gasteiger partial charge on any atom is 0.256 e. The number of hydrogen-bond donors (Lipinski definition) is 1. The summed E-state index contributed by atoms with van der Waals surface area (Å²) in [5, 5.41) is 9.98. The van der Waals surface area contributed by atoms with Crippen LogP contribution in [0.3, 0.4) is 0 Å². The van der Waals surface area contributed by atoms with E-state index in [9.17, 15) is 4.79 Å². The van der Waals surface area contributed by atoms with E-state index >= 15 is 0 Å². The van der Waals surface area contributed by atoms with Crippen molar-refractivity contribution in [2.45, 2.75) is 6.92 Å². The molecule has 4 aromatic rings. The number of methoxy groups -OCH3 is 2. The molecule has 33 heavy (non-hydrogen) atoms. The van der Waals surface area contributed by atoms with Gasteiger partial charge in [0, 0.05) is 22.6 Å². The number of benzene rings is 2. The highest BCUT2D eigenvalue weighted by Gasteiger charge is 2.19. The highest BCUT2D eigenvalue weighted by Crippen LogP contribution is 2.34. The molecule has 10 heteroatoms. The lowest BCUT2D eigenvalue weighted by Gasteiger charge is -2.08. The van der Waals surface area contributed by atoms with Crippen molar-refractivity contribution in [2.24, 2.45) is 0 Å². The molecule has 0 saturated heterocycles. The minimum absolute atomic E-state index is 0.152. The summed E-state index contributed by atoms with van der Waals surface area (Å²) in [6.45, 7) is 2.01. The van der Waals surface area contributed by atoms with Gasteiger partial charge in [-0.25, -0.2) is 4.98 Å². The Kier molecular flexibility index (Phi) is 5.35. The first-order valence-electron chi connectivity index (χ1n) is 10.0. The number of aryl methyl sites for hydroxylation is 1. The van der Waals surface area contributed by atoms with Crippen LogP contribution in [0.1, 0.15) is 16.1 Å². The summed E-state index contributed by atoms with van der Waals surface area (Å²) >= 11 is 1.42. The lowest BCUT2D eigenvalue weighted by Crippen LogP contribution is -2.15. The fourth-order valence-electron chi connectivity index (χ4n) is 3.45. The zero-order valence-electron chi connectivity index (χ0n) is 18.1. The zero-order valence-corrected chi connectivity index (χ0v) is 18.9. The lowest BCUT2D eigenvalue weighted by molar-refractivity contribution is 0.102. The van der Waals surface area contributed by atoms with E-state index in [2.05, 4.69) is 10.4 Å². The van der Waals surface area contributed by atoms with Crippen molar-refractivity contribution in [3.05, 3.63) is 59.1 Å². The van der Waals surface area contributed by atoms with Crippen LogP contribution >= 0.6 is 11.3 Å². The van der Waals surface area contributed by atoms with Crippen LogP contribution in [0.4, 0.5) is 5.82 Å². The van der Waals surface area contributed by atoms with Gasteiger partial charge in [-0.2, -0.15) is 9.78 Å². The third-order valence-corrected chi connectivity index (χ3v) is 5.88. The molecule has 1 aliphatic heterocycles. The van der Waals surface area contributed by atoms with Gasteiger partial charge in [0.1, 0.15) is 5.82 Å². The van der Waals surface area contributed by atoms with Gasteiger partial charge < -0.3 is 24.3 Å². The number of hydrogen-bond acceptors (Lipinski definition) is 8. The number of rotatable bonds is 6. The monoisotopic (exact) mass is 464 g/mol. The van der Waals surface area contributed by atoms with Gasteiger partial charge in [-0.1, -0.05) is 0 Å². The maximum atomic E-state index is 12.9. The third kappa shape index (κ3) is 3.96. The number of anilines is 1. The van der Waals surface area contributed by atoms with Gasteiger partial charge in [0.25, 0.3) is 5.91 Å². The number of thiazole rings is 1. The molecule has 168 valence electrons. The summed E-state index contributed by atoms with van der Waals surface area (Å²) in [7, 11) is 3.19. The van der Waals surface area contributed by atoms with E-state index < -0.39 is 0 Å². The Labute approximate surface area is 193 Å². The molecular formula is C23H20N4O5S. The lowest BCUT2D eigenvalue weighted by atomic mass is 10.1. The topological polar surface area (TPSA) is 96.7 Å². The van der Waals surface area contributed by atoms with Gasteiger partial charge in [-0.05, 0) is 43.3 Å². The second kappa shape index (κ2) is 8.47. The Hall–Kier alpha value is -4.05. The standard InChI is InChI=1S/C23H20N4O5S/c1-13-8-21(25-22(28)15-5-7-18-20(10-15)32-12-31-18)27(26-13)23-24-16(11-33-23)14-4-6-17(29-2)19(9-14)30-3/h4-11H,12H2,1-3H3,(H,25,28). The second-order valence-corrected chi connectivity index (χ2v) is 8.03. The van der Waals surface area contributed by atoms with Crippen molar-refractivity contribution >= 4 is 23.1 Å². The molecule has 9 nitrogen and oxygen atoms in total. The average molecular weight is 465 g/mol. The van der Waals surface area contributed by atoms with Crippen molar-refractivity contribution in [1.82, 2.24) is 14.8 Å². The van der Waals surface area contributed by atoms with Crippen molar-refractivity contribution in [1.29, 1.82) is 0 Å². The summed E-state index contributed by atoms with van der Waals surface area (Å²) in [5.74, 6) is 2.67. The van der Waals surface area contributed by atoms with Gasteiger partial charge in [0.05, 0.1) is 25.6 Å². The molecule has 0 bridgehead atoms. The Bertz CT molecular complexity index is 1350. The fraction of sp³-hybridized carbons (Fsp3) is 0.174. The average Bonchev–Trinajstić information content (AvgIpc) is 3.57. The Morgan fingerprint density at radius 2 is 1.88 bits per heavy atom. The van der Waals surface area contributed by atoms with E-state index in [0.29, 0.717) is 39.5 Å². The van der Waals surface area contributed by atoms with Crippen molar-refractivity contribution in [3.8, 4) is 39.4 Å². The first-order chi connectivity index (χ1) is 16.1. The van der Waals surface area contributed by atoms with E-state index in [-0.39, 0.29) is 12.7 Å². The Morgan fingerprint density at radius 3 is 2.70 bits per heavy atom. The number of fused-ring (bicyclic) bond motifs is 1.